The van der Waals surface area contributed by atoms with Gasteiger partial charge in [0.05, 0.1) is 27.4 Å². The highest BCUT2D eigenvalue weighted by molar-refractivity contribution is 5.97. The van der Waals surface area contributed by atoms with Crippen LogP contribution in [0.3, 0.4) is 0 Å². The number of aromatic nitrogens is 1. The maximum Gasteiger partial charge on any atom is 0.251 e. The molecule has 0 saturated carbocycles. The molecule has 0 spiro atoms. The molecule has 8 heteroatoms. The van der Waals surface area contributed by atoms with Crippen LogP contribution >= 0.6 is 0 Å². The summed E-state index contributed by atoms with van der Waals surface area (Å²) in [5, 5.41) is 5.32. The van der Waals surface area contributed by atoms with Crippen molar-refractivity contribution in [1.82, 2.24) is 15.6 Å². The summed E-state index contributed by atoms with van der Waals surface area (Å²) in [7, 11) is 3.01. The molecule has 2 N–H and O–H groups in total. The summed E-state index contributed by atoms with van der Waals surface area (Å²) in [6.45, 7) is 2.67. The van der Waals surface area contributed by atoms with Gasteiger partial charge in [-0.05, 0) is 30.7 Å². The van der Waals surface area contributed by atoms with Crippen molar-refractivity contribution in [1.29, 1.82) is 0 Å². The average Bonchev–Trinajstić information content (AvgIpc) is 2.74. The van der Waals surface area contributed by atoms with Crippen molar-refractivity contribution in [2.24, 2.45) is 0 Å². The van der Waals surface area contributed by atoms with Gasteiger partial charge in [0.1, 0.15) is 0 Å². The lowest BCUT2D eigenvalue weighted by Crippen LogP contribution is -2.36. The van der Waals surface area contributed by atoms with Crippen molar-refractivity contribution >= 4 is 11.8 Å². The van der Waals surface area contributed by atoms with Gasteiger partial charge in [-0.3, -0.25) is 9.59 Å². The van der Waals surface area contributed by atoms with E-state index in [0.717, 1.165) is 12.0 Å². The molecule has 2 rings (SSSR count). The molecular weight excluding hydrogens is 362 g/mol. The van der Waals surface area contributed by atoms with Gasteiger partial charge in [0.2, 0.25) is 11.8 Å². The third-order valence-corrected chi connectivity index (χ3v) is 3.82. The third-order valence-electron chi connectivity index (χ3n) is 3.82. The molecule has 1 aromatic carbocycles. The number of rotatable bonds is 10. The highest BCUT2D eigenvalue weighted by Gasteiger charge is 2.12. The number of carbonyl (C=O) groups excluding carboxylic acids is 2. The van der Waals surface area contributed by atoms with Crippen LogP contribution in [0.4, 0.5) is 0 Å². The van der Waals surface area contributed by atoms with Gasteiger partial charge in [-0.2, -0.15) is 0 Å². The van der Waals surface area contributed by atoms with Crippen LogP contribution in [0.2, 0.25) is 0 Å². The molecule has 0 fully saturated rings. The number of methoxy groups -OCH3 is 2. The van der Waals surface area contributed by atoms with E-state index >= 15 is 0 Å². The maximum atomic E-state index is 12.2. The van der Waals surface area contributed by atoms with Crippen molar-refractivity contribution in [2.45, 2.75) is 19.9 Å². The molecule has 150 valence electrons. The van der Waals surface area contributed by atoms with Gasteiger partial charge in [-0.15, -0.1) is 0 Å². The Morgan fingerprint density at radius 3 is 2.57 bits per heavy atom. The summed E-state index contributed by atoms with van der Waals surface area (Å²) in [6.07, 6.45) is 2.50. The van der Waals surface area contributed by atoms with E-state index in [1.165, 1.54) is 14.2 Å². The summed E-state index contributed by atoms with van der Waals surface area (Å²) in [4.78, 5) is 28.5. The van der Waals surface area contributed by atoms with Crippen LogP contribution < -0.4 is 24.8 Å². The van der Waals surface area contributed by atoms with E-state index in [-0.39, 0.29) is 24.9 Å². The fraction of sp³-hybridized carbons (Fsp3) is 0.350. The predicted molar refractivity (Wildman–Crippen MR) is 104 cm³/mol. The zero-order valence-electron chi connectivity index (χ0n) is 16.3. The Labute approximate surface area is 164 Å². The highest BCUT2D eigenvalue weighted by Crippen LogP contribution is 2.27. The second kappa shape index (κ2) is 10.8. The topological polar surface area (TPSA) is 98.8 Å². The molecule has 8 nitrogen and oxygen atoms in total. The van der Waals surface area contributed by atoms with Crippen molar-refractivity contribution < 1.29 is 23.8 Å². The number of nitrogens with one attached hydrogen (secondary N) is 2. The van der Waals surface area contributed by atoms with Gasteiger partial charge in [-0.25, -0.2) is 4.98 Å². The van der Waals surface area contributed by atoms with Crippen molar-refractivity contribution in [2.75, 3.05) is 27.4 Å². The van der Waals surface area contributed by atoms with Crippen LogP contribution in [-0.4, -0.2) is 44.2 Å². The van der Waals surface area contributed by atoms with Crippen molar-refractivity contribution in [3.8, 4) is 17.4 Å². The van der Waals surface area contributed by atoms with Crippen LogP contribution in [0, 0.1) is 0 Å². The SMILES string of the molecule is CCCOc1ncccc1CNC(=O)CNC(=O)c1ccc(OC)c(OC)c1. The normalized spacial score (nSPS) is 10.1. The quantitative estimate of drug-likeness (QED) is 0.646. The minimum atomic E-state index is -0.385. The number of pyridine rings is 1. The second-order valence-corrected chi connectivity index (χ2v) is 5.85. The minimum absolute atomic E-state index is 0.154. The van der Waals surface area contributed by atoms with Crippen LogP contribution in [0.1, 0.15) is 29.3 Å². The molecule has 0 bridgehead atoms. The van der Waals surface area contributed by atoms with Gasteiger partial charge in [0, 0.05) is 23.9 Å². The molecule has 0 aliphatic carbocycles. The Bertz CT molecular complexity index is 810. The molecular formula is C20H25N3O5. The minimum Gasteiger partial charge on any atom is -0.493 e. The molecule has 0 atom stereocenters. The highest BCUT2D eigenvalue weighted by atomic mass is 16.5. The molecule has 1 heterocycles. The first-order valence-electron chi connectivity index (χ1n) is 8.92. The lowest BCUT2D eigenvalue weighted by molar-refractivity contribution is -0.120. The molecule has 0 unspecified atom stereocenters. The van der Waals surface area contributed by atoms with Gasteiger partial charge < -0.3 is 24.8 Å². The van der Waals surface area contributed by atoms with Gasteiger partial charge in [-0.1, -0.05) is 13.0 Å². The predicted octanol–water partition coefficient (Wildman–Crippen LogP) is 1.93. The number of hydrogen-bond acceptors (Lipinski definition) is 6. The smallest absolute Gasteiger partial charge is 0.251 e. The van der Waals surface area contributed by atoms with E-state index in [1.807, 2.05) is 13.0 Å². The van der Waals surface area contributed by atoms with E-state index in [0.29, 0.717) is 29.5 Å². The van der Waals surface area contributed by atoms with E-state index in [1.54, 1.807) is 30.5 Å². The molecule has 2 amide bonds. The van der Waals surface area contributed by atoms with Crippen LogP contribution in [0.25, 0.3) is 0 Å². The fourth-order valence-electron chi connectivity index (χ4n) is 2.38. The first-order chi connectivity index (χ1) is 13.6. The average molecular weight is 387 g/mol. The lowest BCUT2D eigenvalue weighted by Gasteiger charge is -2.11. The van der Waals surface area contributed by atoms with Crippen LogP contribution in [0.5, 0.6) is 17.4 Å². The molecule has 0 saturated heterocycles. The Morgan fingerprint density at radius 2 is 1.86 bits per heavy atom. The van der Waals surface area contributed by atoms with Gasteiger partial charge in [0.15, 0.2) is 11.5 Å². The summed E-state index contributed by atoms with van der Waals surface area (Å²) in [5.41, 5.74) is 1.14. The first kappa shape index (κ1) is 21.0. The number of nitrogens with zero attached hydrogens (tertiary/aromatic N) is 1. The number of amides is 2. The Hall–Kier alpha value is -3.29. The van der Waals surface area contributed by atoms with E-state index in [4.69, 9.17) is 14.2 Å². The number of carbonyl (C=O) groups is 2. The van der Waals surface area contributed by atoms with Gasteiger partial charge in [0.25, 0.3) is 5.91 Å². The standard InChI is InChI=1S/C20H25N3O5/c1-4-10-28-20-15(6-5-9-21-20)12-22-18(24)13-23-19(25)14-7-8-16(26-2)17(11-14)27-3/h5-9,11H,4,10,12-13H2,1-3H3,(H,22,24)(H,23,25). The van der Waals surface area contributed by atoms with Gasteiger partial charge >= 0.3 is 0 Å². The largest absolute Gasteiger partial charge is 0.493 e. The number of benzene rings is 1. The van der Waals surface area contributed by atoms with Crippen LogP contribution in [-0.2, 0) is 11.3 Å². The lowest BCUT2D eigenvalue weighted by atomic mass is 10.2. The fourth-order valence-corrected chi connectivity index (χ4v) is 2.38. The maximum absolute atomic E-state index is 12.2. The van der Waals surface area contributed by atoms with E-state index in [2.05, 4.69) is 15.6 Å². The van der Waals surface area contributed by atoms with Crippen molar-refractivity contribution in [3.63, 3.8) is 0 Å². The van der Waals surface area contributed by atoms with E-state index in [9.17, 15) is 9.59 Å². The summed E-state index contributed by atoms with van der Waals surface area (Å²) < 4.78 is 15.9. The Morgan fingerprint density at radius 1 is 1.07 bits per heavy atom. The molecule has 0 radical (unpaired) electrons. The van der Waals surface area contributed by atoms with E-state index < -0.39 is 0 Å². The summed E-state index contributed by atoms with van der Waals surface area (Å²) in [5.74, 6) is 0.757. The van der Waals surface area contributed by atoms with Crippen LogP contribution in [0.15, 0.2) is 36.5 Å². The Kier molecular flexibility index (Phi) is 8.08. The first-order valence-corrected chi connectivity index (χ1v) is 8.92. The summed E-state index contributed by atoms with van der Waals surface area (Å²) >= 11 is 0. The zero-order chi connectivity index (χ0) is 20.4. The van der Waals surface area contributed by atoms with Crippen molar-refractivity contribution in [3.05, 3.63) is 47.7 Å². The zero-order valence-corrected chi connectivity index (χ0v) is 16.3. The molecule has 0 aliphatic rings. The molecule has 1 aromatic heterocycles. The third kappa shape index (κ3) is 5.87. The number of ether oxygens (including phenoxy) is 3. The monoisotopic (exact) mass is 387 g/mol. The molecule has 0 aliphatic heterocycles. The Balaban J connectivity index is 1.87. The molecule has 2 aromatic rings. The summed E-state index contributed by atoms with van der Waals surface area (Å²) in [6, 6.07) is 8.40. The molecule has 28 heavy (non-hydrogen) atoms. The number of hydrogen-bond donors (Lipinski definition) is 2. The second-order valence-electron chi connectivity index (χ2n) is 5.85.